The lowest BCUT2D eigenvalue weighted by atomic mass is 9.96. The largest absolute Gasteiger partial charge is 0.346 e. The Labute approximate surface area is 117 Å². The fourth-order valence-electron chi connectivity index (χ4n) is 2.63. The molecular weight excluding hydrogens is 236 g/mol. The van der Waals surface area contributed by atoms with Gasteiger partial charge in [0.2, 0.25) is 0 Å². The Hall–Kier alpha value is -0.600. The average Bonchev–Trinajstić information content (AvgIpc) is 2.72. The molecule has 2 nitrogen and oxygen atoms in total. The minimum absolute atomic E-state index is 0.0550. The molecule has 1 fully saturated rings. The van der Waals surface area contributed by atoms with E-state index in [2.05, 4.69) is 45.1 Å². The number of hydrogen-bond donors (Lipinski definition) is 0. The van der Waals surface area contributed by atoms with Crippen molar-refractivity contribution in [1.82, 2.24) is 0 Å². The van der Waals surface area contributed by atoms with Crippen molar-refractivity contribution in [3.05, 3.63) is 24.3 Å². The molecule has 19 heavy (non-hydrogen) atoms. The molecule has 0 saturated carbocycles. The van der Waals surface area contributed by atoms with Crippen molar-refractivity contribution in [2.45, 2.75) is 77.8 Å². The van der Waals surface area contributed by atoms with Crippen molar-refractivity contribution in [3.8, 4) is 0 Å². The van der Waals surface area contributed by atoms with Crippen LogP contribution in [-0.4, -0.2) is 18.5 Å². The molecule has 2 heteroatoms. The third kappa shape index (κ3) is 4.47. The zero-order chi connectivity index (χ0) is 13.7. The van der Waals surface area contributed by atoms with Crippen LogP contribution < -0.4 is 0 Å². The van der Waals surface area contributed by atoms with Gasteiger partial charge in [0, 0.05) is 5.41 Å². The highest BCUT2D eigenvalue weighted by Crippen LogP contribution is 2.35. The standard InChI is InChI=1S/C17H28O2/c1-17(2,3)16-18-14-12-10-8-6-4-5-7-9-11-13-15(14)19-16/h6-9,14-16H,4-5,10-13H2,1-3H3. The molecule has 1 aliphatic carbocycles. The summed E-state index contributed by atoms with van der Waals surface area (Å²) in [5, 5.41) is 0. The van der Waals surface area contributed by atoms with Gasteiger partial charge in [-0.15, -0.1) is 0 Å². The second-order valence-electron chi connectivity index (χ2n) is 6.72. The van der Waals surface area contributed by atoms with Crippen molar-refractivity contribution in [1.29, 1.82) is 0 Å². The number of fused-ring (bicyclic) bond motifs is 1. The summed E-state index contributed by atoms with van der Waals surface area (Å²) < 4.78 is 12.3. The summed E-state index contributed by atoms with van der Waals surface area (Å²) in [6.45, 7) is 6.56. The molecule has 0 N–H and O–H groups in total. The van der Waals surface area contributed by atoms with E-state index < -0.39 is 0 Å². The monoisotopic (exact) mass is 264 g/mol. The molecule has 0 radical (unpaired) electrons. The molecule has 1 heterocycles. The lowest BCUT2D eigenvalue weighted by molar-refractivity contribution is -0.132. The lowest BCUT2D eigenvalue weighted by Gasteiger charge is -2.25. The van der Waals surface area contributed by atoms with Crippen LogP contribution in [0.2, 0.25) is 0 Å². The molecule has 2 aliphatic rings. The molecule has 2 rings (SSSR count). The summed E-state index contributed by atoms with van der Waals surface area (Å²) in [5.41, 5.74) is 0.0621. The zero-order valence-electron chi connectivity index (χ0n) is 12.6. The molecule has 0 aromatic carbocycles. The van der Waals surface area contributed by atoms with Gasteiger partial charge in [-0.1, -0.05) is 45.1 Å². The minimum atomic E-state index is -0.0550. The number of hydrogen-bond acceptors (Lipinski definition) is 2. The van der Waals surface area contributed by atoms with Gasteiger partial charge in [0.1, 0.15) is 0 Å². The Balaban J connectivity index is 1.99. The average molecular weight is 264 g/mol. The maximum atomic E-state index is 6.15. The predicted octanol–water partition coefficient (Wildman–Crippen LogP) is 4.61. The van der Waals surface area contributed by atoms with E-state index in [1.807, 2.05) is 0 Å². The van der Waals surface area contributed by atoms with Crippen molar-refractivity contribution in [2.75, 3.05) is 0 Å². The van der Waals surface area contributed by atoms with E-state index in [0.29, 0.717) is 0 Å². The summed E-state index contributed by atoms with van der Waals surface area (Å²) >= 11 is 0. The highest BCUT2D eigenvalue weighted by Gasteiger charge is 2.40. The van der Waals surface area contributed by atoms with Crippen molar-refractivity contribution < 1.29 is 9.47 Å². The molecule has 1 aliphatic heterocycles. The molecule has 2 unspecified atom stereocenters. The maximum Gasteiger partial charge on any atom is 0.163 e. The third-order valence-electron chi connectivity index (χ3n) is 3.79. The first-order valence-electron chi connectivity index (χ1n) is 7.68. The van der Waals surface area contributed by atoms with E-state index in [-0.39, 0.29) is 23.9 Å². The SMILES string of the molecule is CC(C)(C)C1OC2CCC=CCCC=CCCC2O1. The number of rotatable bonds is 0. The first kappa shape index (κ1) is 14.8. The molecule has 0 spiro atoms. The zero-order valence-corrected chi connectivity index (χ0v) is 12.6. The Morgan fingerprint density at radius 1 is 0.737 bits per heavy atom. The second-order valence-corrected chi connectivity index (χ2v) is 6.72. The molecular formula is C17H28O2. The normalized spacial score (nSPS) is 33.5. The van der Waals surface area contributed by atoms with Crippen LogP contribution in [0.4, 0.5) is 0 Å². The van der Waals surface area contributed by atoms with Crippen LogP contribution in [0, 0.1) is 5.41 Å². The first-order chi connectivity index (χ1) is 9.07. The summed E-state index contributed by atoms with van der Waals surface area (Å²) in [4.78, 5) is 0. The van der Waals surface area contributed by atoms with Gasteiger partial charge in [-0.05, 0) is 38.5 Å². The summed E-state index contributed by atoms with van der Waals surface area (Å²) in [6, 6.07) is 0. The molecule has 2 atom stereocenters. The van der Waals surface area contributed by atoms with Crippen LogP contribution in [0.15, 0.2) is 24.3 Å². The summed E-state index contributed by atoms with van der Waals surface area (Å²) in [5.74, 6) is 0. The predicted molar refractivity (Wildman–Crippen MR) is 79.0 cm³/mol. The van der Waals surface area contributed by atoms with Gasteiger partial charge in [-0.25, -0.2) is 0 Å². The summed E-state index contributed by atoms with van der Waals surface area (Å²) in [6.07, 6.45) is 16.3. The van der Waals surface area contributed by atoms with Gasteiger partial charge in [0.05, 0.1) is 12.2 Å². The van der Waals surface area contributed by atoms with Crippen LogP contribution in [-0.2, 0) is 9.47 Å². The van der Waals surface area contributed by atoms with Crippen LogP contribution in [0.1, 0.15) is 59.3 Å². The minimum Gasteiger partial charge on any atom is -0.346 e. The van der Waals surface area contributed by atoms with Crippen LogP contribution >= 0.6 is 0 Å². The molecule has 1 saturated heterocycles. The van der Waals surface area contributed by atoms with Crippen molar-refractivity contribution >= 4 is 0 Å². The highest BCUT2D eigenvalue weighted by molar-refractivity contribution is 4.92. The Bertz CT molecular complexity index is 299. The van der Waals surface area contributed by atoms with E-state index in [1.54, 1.807) is 0 Å². The van der Waals surface area contributed by atoms with Crippen LogP contribution in [0.25, 0.3) is 0 Å². The van der Waals surface area contributed by atoms with E-state index in [1.165, 1.54) is 0 Å². The Morgan fingerprint density at radius 2 is 1.16 bits per heavy atom. The van der Waals surface area contributed by atoms with E-state index in [4.69, 9.17) is 9.47 Å². The van der Waals surface area contributed by atoms with Crippen molar-refractivity contribution in [2.24, 2.45) is 5.41 Å². The Morgan fingerprint density at radius 3 is 1.58 bits per heavy atom. The second kappa shape index (κ2) is 6.71. The first-order valence-corrected chi connectivity index (χ1v) is 7.68. The number of allylic oxidation sites excluding steroid dienone is 4. The molecule has 108 valence electrons. The molecule has 0 amide bonds. The van der Waals surface area contributed by atoms with E-state index in [9.17, 15) is 0 Å². The third-order valence-corrected chi connectivity index (χ3v) is 3.79. The maximum absolute atomic E-state index is 6.15. The smallest absolute Gasteiger partial charge is 0.163 e. The van der Waals surface area contributed by atoms with Crippen LogP contribution in [0.3, 0.4) is 0 Å². The van der Waals surface area contributed by atoms with Gasteiger partial charge >= 0.3 is 0 Å². The quantitative estimate of drug-likeness (QED) is 0.595. The summed E-state index contributed by atoms with van der Waals surface area (Å²) in [7, 11) is 0. The Kier molecular flexibility index (Phi) is 5.23. The topological polar surface area (TPSA) is 18.5 Å². The van der Waals surface area contributed by atoms with E-state index >= 15 is 0 Å². The fraction of sp³-hybridized carbons (Fsp3) is 0.765. The van der Waals surface area contributed by atoms with Gasteiger partial charge in [-0.2, -0.15) is 0 Å². The van der Waals surface area contributed by atoms with Gasteiger partial charge in [0.25, 0.3) is 0 Å². The molecule has 0 aromatic heterocycles. The van der Waals surface area contributed by atoms with Crippen LogP contribution in [0.5, 0.6) is 0 Å². The van der Waals surface area contributed by atoms with E-state index in [0.717, 1.165) is 38.5 Å². The fourth-order valence-corrected chi connectivity index (χ4v) is 2.63. The van der Waals surface area contributed by atoms with Gasteiger partial charge in [0.15, 0.2) is 6.29 Å². The highest BCUT2D eigenvalue weighted by atomic mass is 16.7. The molecule has 0 aromatic rings. The van der Waals surface area contributed by atoms with Gasteiger partial charge < -0.3 is 9.47 Å². The number of ether oxygens (including phenoxy) is 2. The van der Waals surface area contributed by atoms with Crippen molar-refractivity contribution in [3.63, 3.8) is 0 Å². The van der Waals surface area contributed by atoms with Gasteiger partial charge in [-0.3, -0.25) is 0 Å². The molecule has 0 bridgehead atoms. The lowest BCUT2D eigenvalue weighted by Crippen LogP contribution is -2.27.